The minimum atomic E-state index is -0.643. The van der Waals surface area contributed by atoms with Gasteiger partial charge in [0.2, 0.25) is 0 Å². The molecule has 0 aliphatic heterocycles. The first-order valence-electron chi connectivity index (χ1n) is 6.87. The Bertz CT molecular complexity index is 364. The van der Waals surface area contributed by atoms with E-state index in [1.54, 1.807) is 0 Å². The van der Waals surface area contributed by atoms with E-state index in [0.717, 1.165) is 32.1 Å². The summed E-state index contributed by atoms with van der Waals surface area (Å²) in [7, 11) is 0. The van der Waals surface area contributed by atoms with Gasteiger partial charge in [0.05, 0.1) is 10.5 Å². The minimum absolute atomic E-state index is 0.159. The highest BCUT2D eigenvalue weighted by molar-refractivity contribution is 9.09. The molecule has 1 nitrogen and oxygen atoms in total. The number of hydrogen-bond donors (Lipinski definition) is 1. The highest BCUT2D eigenvalue weighted by Gasteiger charge is 2.57. The average Bonchev–Trinajstić information content (AvgIpc) is 2.27. The number of aliphatic hydroxyl groups is 1. The fraction of sp³-hybridized carbons (Fsp3) is 0.867. The molecule has 2 aliphatic rings. The van der Waals surface area contributed by atoms with Crippen molar-refractivity contribution in [2.75, 3.05) is 0 Å². The van der Waals surface area contributed by atoms with E-state index in [2.05, 4.69) is 36.4 Å². The molecule has 2 saturated carbocycles. The highest BCUT2D eigenvalue weighted by atomic mass is 79.9. The molecule has 1 spiro atoms. The second-order valence-electron chi connectivity index (χ2n) is 6.77. The van der Waals surface area contributed by atoms with Gasteiger partial charge in [0, 0.05) is 10.2 Å². The lowest BCUT2D eigenvalue weighted by atomic mass is 9.52. The Kier molecular flexibility index (Phi) is 3.71. The maximum absolute atomic E-state index is 10.9. The number of alkyl halides is 2. The van der Waals surface area contributed by atoms with Crippen molar-refractivity contribution in [2.24, 2.45) is 11.3 Å². The molecule has 0 radical (unpaired) electrons. The molecule has 0 aromatic rings. The highest BCUT2D eigenvalue weighted by Crippen LogP contribution is 2.60. The maximum atomic E-state index is 10.9. The van der Waals surface area contributed by atoms with Gasteiger partial charge in [0.15, 0.2) is 0 Å². The molecule has 2 aliphatic carbocycles. The molecule has 104 valence electrons. The molecule has 18 heavy (non-hydrogen) atoms. The van der Waals surface area contributed by atoms with Crippen LogP contribution >= 0.6 is 27.5 Å². The molecular formula is C15H24BrClO. The van der Waals surface area contributed by atoms with Gasteiger partial charge in [0.25, 0.3) is 0 Å². The third-order valence-corrected chi connectivity index (χ3v) is 7.58. The number of rotatable bonds is 0. The largest absolute Gasteiger partial charge is 0.389 e. The summed E-state index contributed by atoms with van der Waals surface area (Å²) in [4.78, 5) is 0.0244. The van der Waals surface area contributed by atoms with E-state index >= 15 is 0 Å². The molecule has 2 rings (SSSR count). The lowest BCUT2D eigenvalue weighted by molar-refractivity contribution is -0.0975. The summed E-state index contributed by atoms with van der Waals surface area (Å²) in [5.74, 6) is 0.504. The van der Waals surface area contributed by atoms with Crippen molar-refractivity contribution >= 4 is 27.5 Å². The van der Waals surface area contributed by atoms with Crippen molar-refractivity contribution in [3.05, 3.63) is 12.2 Å². The predicted molar refractivity (Wildman–Crippen MR) is 81.4 cm³/mol. The summed E-state index contributed by atoms with van der Waals surface area (Å²) in [6, 6.07) is 0. The van der Waals surface area contributed by atoms with E-state index in [9.17, 15) is 5.11 Å². The van der Waals surface area contributed by atoms with Gasteiger partial charge < -0.3 is 5.11 Å². The van der Waals surface area contributed by atoms with E-state index < -0.39 is 5.60 Å². The van der Waals surface area contributed by atoms with Crippen LogP contribution in [0.2, 0.25) is 0 Å². The quantitative estimate of drug-likeness (QED) is 0.504. The van der Waals surface area contributed by atoms with Crippen molar-refractivity contribution in [2.45, 2.75) is 68.2 Å². The van der Waals surface area contributed by atoms with Crippen LogP contribution in [0, 0.1) is 11.3 Å². The molecule has 2 fully saturated rings. The van der Waals surface area contributed by atoms with Crippen LogP contribution in [0.1, 0.15) is 52.9 Å². The van der Waals surface area contributed by atoms with Crippen LogP contribution < -0.4 is 0 Å². The number of hydrogen-bond acceptors (Lipinski definition) is 1. The molecule has 1 N–H and O–H groups in total. The lowest BCUT2D eigenvalue weighted by Crippen LogP contribution is -2.57. The van der Waals surface area contributed by atoms with Gasteiger partial charge in [-0.25, -0.2) is 0 Å². The summed E-state index contributed by atoms with van der Waals surface area (Å²) >= 11 is 10.3. The summed E-state index contributed by atoms with van der Waals surface area (Å²) in [5, 5.41) is 10.9. The third kappa shape index (κ3) is 2.09. The molecule has 3 heteroatoms. The van der Waals surface area contributed by atoms with Crippen LogP contribution in [0.25, 0.3) is 0 Å². The third-order valence-electron chi connectivity index (χ3n) is 5.53. The lowest BCUT2D eigenvalue weighted by Gasteiger charge is -2.57. The zero-order valence-electron chi connectivity index (χ0n) is 11.6. The summed E-state index contributed by atoms with van der Waals surface area (Å²) < 4.78 is 0. The second-order valence-corrected chi connectivity index (χ2v) is 8.74. The van der Waals surface area contributed by atoms with Gasteiger partial charge >= 0.3 is 0 Å². The Hall–Kier alpha value is 0.470. The van der Waals surface area contributed by atoms with Crippen LogP contribution in [0.4, 0.5) is 0 Å². The molecule has 0 aromatic carbocycles. The van der Waals surface area contributed by atoms with Crippen molar-refractivity contribution in [1.82, 2.24) is 0 Å². The fourth-order valence-corrected chi connectivity index (χ4v) is 4.70. The molecule has 0 saturated heterocycles. The van der Waals surface area contributed by atoms with Crippen LogP contribution in [0.3, 0.4) is 0 Å². The fourth-order valence-electron chi connectivity index (χ4n) is 3.74. The normalized spacial score (nSPS) is 53.8. The van der Waals surface area contributed by atoms with Gasteiger partial charge in [-0.2, -0.15) is 0 Å². The first-order chi connectivity index (χ1) is 8.12. The Labute approximate surface area is 124 Å². The zero-order valence-corrected chi connectivity index (χ0v) is 13.9. The summed E-state index contributed by atoms with van der Waals surface area (Å²) in [5.41, 5.74) is 0.429. The first kappa shape index (κ1) is 14.9. The molecule has 0 amide bonds. The van der Waals surface area contributed by atoms with E-state index in [-0.39, 0.29) is 15.1 Å². The second kappa shape index (κ2) is 4.49. The van der Waals surface area contributed by atoms with Crippen molar-refractivity contribution in [3.8, 4) is 0 Å². The van der Waals surface area contributed by atoms with Crippen molar-refractivity contribution in [1.29, 1.82) is 0 Å². The molecule has 0 heterocycles. The maximum Gasteiger partial charge on any atom is 0.0713 e. The first-order valence-corrected chi connectivity index (χ1v) is 8.16. The average molecular weight is 336 g/mol. The van der Waals surface area contributed by atoms with Crippen molar-refractivity contribution < 1.29 is 5.11 Å². The van der Waals surface area contributed by atoms with Gasteiger partial charge in [-0.1, -0.05) is 35.0 Å². The predicted octanol–water partition coefficient (Wildman–Crippen LogP) is 4.65. The molecule has 5 unspecified atom stereocenters. The molecule has 0 bridgehead atoms. The van der Waals surface area contributed by atoms with Crippen LogP contribution in [-0.2, 0) is 0 Å². The van der Waals surface area contributed by atoms with Crippen molar-refractivity contribution in [3.63, 3.8) is 0 Å². The van der Waals surface area contributed by atoms with Crippen LogP contribution in [0.5, 0.6) is 0 Å². The SMILES string of the molecule is C=C1C(C)CCC(C)(O)C12CCC(C)(Cl)C(Br)C2. The zero-order chi connectivity index (χ0) is 13.8. The Balaban J connectivity index is 2.36. The Morgan fingerprint density at radius 3 is 2.50 bits per heavy atom. The van der Waals surface area contributed by atoms with Gasteiger partial charge in [-0.05, 0) is 51.9 Å². The summed E-state index contributed by atoms with van der Waals surface area (Å²) in [6.07, 6.45) is 4.67. The van der Waals surface area contributed by atoms with E-state index in [1.165, 1.54) is 5.57 Å². The van der Waals surface area contributed by atoms with Crippen LogP contribution in [0.15, 0.2) is 12.2 Å². The number of halogens is 2. The molecular weight excluding hydrogens is 312 g/mol. The minimum Gasteiger partial charge on any atom is -0.389 e. The van der Waals surface area contributed by atoms with E-state index in [0.29, 0.717) is 5.92 Å². The van der Waals surface area contributed by atoms with Gasteiger partial charge in [-0.15, -0.1) is 11.6 Å². The van der Waals surface area contributed by atoms with E-state index in [1.807, 2.05) is 6.92 Å². The molecule has 0 aromatic heterocycles. The smallest absolute Gasteiger partial charge is 0.0713 e. The van der Waals surface area contributed by atoms with E-state index in [4.69, 9.17) is 11.6 Å². The summed E-state index contributed by atoms with van der Waals surface area (Å²) in [6.45, 7) is 10.6. The standard InChI is InChI=1S/C15H24BrClO/c1-10-5-6-14(4,18)15(11(10)2)8-7-13(3,17)12(16)9-15/h10,12,18H,2,5-9H2,1,3-4H3. The topological polar surface area (TPSA) is 20.2 Å². The van der Waals surface area contributed by atoms with Crippen LogP contribution in [-0.4, -0.2) is 20.4 Å². The monoisotopic (exact) mass is 334 g/mol. The van der Waals surface area contributed by atoms with Gasteiger partial charge in [0.1, 0.15) is 0 Å². The Morgan fingerprint density at radius 1 is 1.33 bits per heavy atom. The molecule has 5 atom stereocenters. The van der Waals surface area contributed by atoms with Gasteiger partial charge in [-0.3, -0.25) is 0 Å². The Morgan fingerprint density at radius 2 is 1.94 bits per heavy atom.